The van der Waals surface area contributed by atoms with Crippen LogP contribution >= 0.6 is 0 Å². The van der Waals surface area contributed by atoms with Crippen LogP contribution in [0.25, 0.3) is 0 Å². The molecule has 0 unspecified atom stereocenters. The number of nitrogens with one attached hydrogen (secondary N) is 1. The van der Waals surface area contributed by atoms with Crippen LogP contribution in [0.15, 0.2) is 30.0 Å². The second-order valence-electron chi connectivity index (χ2n) is 3.25. The number of hydrogen-bond acceptors (Lipinski definition) is 3. The molecule has 0 spiro atoms. The molecule has 0 atom stereocenters. The maximum absolute atomic E-state index is 4.96. The van der Waals surface area contributed by atoms with Crippen molar-refractivity contribution in [1.82, 2.24) is 4.98 Å². The summed E-state index contributed by atoms with van der Waals surface area (Å²) in [4.78, 5) is 4.09. The third kappa shape index (κ3) is 3.47. The third-order valence-electron chi connectivity index (χ3n) is 1.76. The Hall–Kier alpha value is -1.51. The van der Waals surface area contributed by atoms with E-state index in [0.29, 0.717) is 5.88 Å². The van der Waals surface area contributed by atoms with Gasteiger partial charge in [-0.3, -0.25) is 0 Å². The number of anilines is 1. The van der Waals surface area contributed by atoms with Gasteiger partial charge in [0.2, 0.25) is 5.88 Å². The number of allylic oxidation sites excluding steroid dienone is 1. The summed E-state index contributed by atoms with van der Waals surface area (Å²) in [5, 5.41) is 3.23. The molecule has 0 saturated heterocycles. The van der Waals surface area contributed by atoms with Crippen LogP contribution in [0.4, 0.5) is 5.69 Å². The first-order valence-corrected chi connectivity index (χ1v) is 4.59. The standard InChI is InChI=1S/C11H16N2O/c1-9(2)6-7-12-10-4-5-11(14-3)13-8-10/h4-6,8,12H,7H2,1-3H3. The Bertz CT molecular complexity index is 300. The zero-order valence-electron chi connectivity index (χ0n) is 8.87. The molecule has 14 heavy (non-hydrogen) atoms. The Morgan fingerprint density at radius 1 is 1.50 bits per heavy atom. The van der Waals surface area contributed by atoms with E-state index in [1.807, 2.05) is 12.1 Å². The zero-order chi connectivity index (χ0) is 10.4. The monoisotopic (exact) mass is 192 g/mol. The fraction of sp³-hybridized carbons (Fsp3) is 0.364. The van der Waals surface area contributed by atoms with Crippen molar-refractivity contribution in [3.05, 3.63) is 30.0 Å². The lowest BCUT2D eigenvalue weighted by atomic mass is 10.3. The minimum Gasteiger partial charge on any atom is -0.481 e. The van der Waals surface area contributed by atoms with E-state index in [9.17, 15) is 0 Å². The van der Waals surface area contributed by atoms with Gasteiger partial charge >= 0.3 is 0 Å². The first-order chi connectivity index (χ1) is 6.72. The highest BCUT2D eigenvalue weighted by molar-refractivity contribution is 5.42. The second-order valence-corrected chi connectivity index (χ2v) is 3.25. The Morgan fingerprint density at radius 2 is 2.29 bits per heavy atom. The molecule has 1 aromatic rings. The fourth-order valence-corrected chi connectivity index (χ4v) is 0.979. The van der Waals surface area contributed by atoms with Crippen LogP contribution in [0.3, 0.4) is 0 Å². The molecule has 0 saturated carbocycles. The summed E-state index contributed by atoms with van der Waals surface area (Å²) in [6.45, 7) is 4.98. The number of nitrogens with zero attached hydrogens (tertiary/aromatic N) is 1. The highest BCUT2D eigenvalue weighted by Gasteiger charge is 1.92. The summed E-state index contributed by atoms with van der Waals surface area (Å²) in [6.07, 6.45) is 3.89. The second kappa shape index (κ2) is 5.27. The van der Waals surface area contributed by atoms with Crippen LogP contribution < -0.4 is 10.1 Å². The molecule has 1 N–H and O–H groups in total. The van der Waals surface area contributed by atoms with Crippen molar-refractivity contribution in [3.8, 4) is 5.88 Å². The molecule has 0 aliphatic heterocycles. The van der Waals surface area contributed by atoms with Gasteiger partial charge < -0.3 is 10.1 Å². The number of ether oxygens (including phenoxy) is 1. The van der Waals surface area contributed by atoms with Gasteiger partial charge in [-0.2, -0.15) is 0 Å². The molecule has 1 rings (SSSR count). The van der Waals surface area contributed by atoms with Gasteiger partial charge in [0.05, 0.1) is 19.0 Å². The predicted molar refractivity (Wildman–Crippen MR) is 58.7 cm³/mol. The van der Waals surface area contributed by atoms with E-state index in [1.54, 1.807) is 13.3 Å². The number of aromatic nitrogens is 1. The van der Waals surface area contributed by atoms with Crippen LogP contribution in [0.5, 0.6) is 5.88 Å². The Kier molecular flexibility index (Phi) is 3.98. The zero-order valence-corrected chi connectivity index (χ0v) is 8.87. The average Bonchev–Trinajstić information content (AvgIpc) is 2.18. The van der Waals surface area contributed by atoms with E-state index in [1.165, 1.54) is 5.57 Å². The third-order valence-corrected chi connectivity index (χ3v) is 1.76. The Balaban J connectivity index is 2.48. The number of pyridine rings is 1. The number of hydrogen-bond donors (Lipinski definition) is 1. The van der Waals surface area contributed by atoms with Crippen LogP contribution in [0.1, 0.15) is 13.8 Å². The molecule has 1 aromatic heterocycles. The molecular weight excluding hydrogens is 176 g/mol. The van der Waals surface area contributed by atoms with Gasteiger partial charge in [-0.15, -0.1) is 0 Å². The number of rotatable bonds is 4. The summed E-state index contributed by atoms with van der Waals surface area (Å²) < 4.78 is 4.96. The summed E-state index contributed by atoms with van der Waals surface area (Å²) >= 11 is 0. The van der Waals surface area contributed by atoms with Crippen LogP contribution in [-0.2, 0) is 0 Å². The summed E-state index contributed by atoms with van der Waals surface area (Å²) in [6, 6.07) is 3.79. The SMILES string of the molecule is COc1ccc(NCC=C(C)C)cn1. The summed E-state index contributed by atoms with van der Waals surface area (Å²) in [5.41, 5.74) is 2.31. The topological polar surface area (TPSA) is 34.1 Å². The van der Waals surface area contributed by atoms with Gasteiger partial charge in [-0.25, -0.2) is 4.98 Å². The maximum Gasteiger partial charge on any atom is 0.213 e. The number of methoxy groups -OCH3 is 1. The maximum atomic E-state index is 4.96. The fourth-order valence-electron chi connectivity index (χ4n) is 0.979. The molecule has 76 valence electrons. The molecule has 3 heteroatoms. The molecule has 0 bridgehead atoms. The van der Waals surface area contributed by atoms with Crippen molar-refractivity contribution in [1.29, 1.82) is 0 Å². The van der Waals surface area contributed by atoms with E-state index in [-0.39, 0.29) is 0 Å². The van der Waals surface area contributed by atoms with E-state index < -0.39 is 0 Å². The van der Waals surface area contributed by atoms with Gasteiger partial charge in [0.1, 0.15) is 0 Å². The lowest BCUT2D eigenvalue weighted by molar-refractivity contribution is 0.398. The normalized spacial score (nSPS) is 9.36. The Labute approximate surface area is 84.8 Å². The molecule has 0 fully saturated rings. The van der Waals surface area contributed by atoms with Gasteiger partial charge in [0.15, 0.2) is 0 Å². The van der Waals surface area contributed by atoms with Crippen LogP contribution in [-0.4, -0.2) is 18.6 Å². The first kappa shape index (κ1) is 10.6. The van der Waals surface area contributed by atoms with Crippen molar-refractivity contribution < 1.29 is 4.74 Å². The lowest BCUT2D eigenvalue weighted by Gasteiger charge is -2.03. The Morgan fingerprint density at radius 3 is 2.79 bits per heavy atom. The molecule has 1 heterocycles. The molecule has 0 amide bonds. The van der Waals surface area contributed by atoms with Crippen LogP contribution in [0, 0.1) is 0 Å². The molecule has 3 nitrogen and oxygen atoms in total. The molecule has 0 aliphatic rings. The van der Waals surface area contributed by atoms with Crippen molar-refractivity contribution in [2.75, 3.05) is 19.0 Å². The minimum atomic E-state index is 0.637. The molecule has 0 aromatic carbocycles. The summed E-state index contributed by atoms with van der Waals surface area (Å²) in [7, 11) is 1.61. The molecule has 0 aliphatic carbocycles. The minimum absolute atomic E-state index is 0.637. The van der Waals surface area contributed by atoms with Crippen LogP contribution in [0.2, 0.25) is 0 Å². The lowest BCUT2D eigenvalue weighted by Crippen LogP contribution is -1.99. The van der Waals surface area contributed by atoms with E-state index in [2.05, 4.69) is 30.2 Å². The largest absolute Gasteiger partial charge is 0.481 e. The van der Waals surface area contributed by atoms with Crippen molar-refractivity contribution in [3.63, 3.8) is 0 Å². The highest BCUT2D eigenvalue weighted by Crippen LogP contribution is 2.10. The van der Waals surface area contributed by atoms with Gasteiger partial charge in [0, 0.05) is 12.6 Å². The van der Waals surface area contributed by atoms with Gasteiger partial charge in [0.25, 0.3) is 0 Å². The van der Waals surface area contributed by atoms with E-state index >= 15 is 0 Å². The highest BCUT2D eigenvalue weighted by atomic mass is 16.5. The van der Waals surface area contributed by atoms with Crippen molar-refractivity contribution in [2.45, 2.75) is 13.8 Å². The van der Waals surface area contributed by atoms with Crippen molar-refractivity contribution >= 4 is 5.69 Å². The molecule has 0 radical (unpaired) electrons. The molecular formula is C11H16N2O. The quantitative estimate of drug-likeness (QED) is 0.744. The average molecular weight is 192 g/mol. The van der Waals surface area contributed by atoms with Gasteiger partial charge in [-0.05, 0) is 19.9 Å². The van der Waals surface area contributed by atoms with Gasteiger partial charge in [-0.1, -0.05) is 11.6 Å². The van der Waals surface area contributed by atoms with Crippen molar-refractivity contribution in [2.24, 2.45) is 0 Å². The van der Waals surface area contributed by atoms with E-state index in [0.717, 1.165) is 12.2 Å². The summed E-state index contributed by atoms with van der Waals surface area (Å²) in [5.74, 6) is 0.637. The predicted octanol–water partition coefficient (Wildman–Crippen LogP) is 2.47. The first-order valence-electron chi connectivity index (χ1n) is 4.59. The smallest absolute Gasteiger partial charge is 0.213 e. The van der Waals surface area contributed by atoms with E-state index in [4.69, 9.17) is 4.74 Å².